The molecule has 1 aliphatic rings. The molecule has 0 amide bonds. The van der Waals surface area contributed by atoms with Crippen molar-refractivity contribution in [1.29, 1.82) is 0 Å². The summed E-state index contributed by atoms with van der Waals surface area (Å²) in [6.07, 6.45) is 1.93. The Balaban J connectivity index is 2.56. The molecule has 0 N–H and O–H groups in total. The predicted molar refractivity (Wildman–Crippen MR) is 32.6 cm³/mol. The van der Waals surface area contributed by atoms with Crippen LogP contribution in [-0.4, -0.2) is 5.78 Å². The minimum Gasteiger partial charge on any atom is -0.299 e. The summed E-state index contributed by atoms with van der Waals surface area (Å²) in [5, 5.41) is 0. The molecule has 0 aliphatic heterocycles. The van der Waals surface area contributed by atoms with Gasteiger partial charge in [-0.3, -0.25) is 4.79 Å². The van der Waals surface area contributed by atoms with Crippen LogP contribution in [0.1, 0.15) is 26.7 Å². The van der Waals surface area contributed by atoms with Crippen molar-refractivity contribution in [3.63, 3.8) is 0 Å². The molecule has 0 aromatic heterocycles. The Morgan fingerprint density at radius 3 is 2.25 bits per heavy atom. The van der Waals surface area contributed by atoms with Crippen LogP contribution in [0.15, 0.2) is 0 Å². The molecule has 2 atom stereocenters. The molecule has 1 nitrogen and oxygen atoms in total. The van der Waals surface area contributed by atoms with Crippen LogP contribution in [0.3, 0.4) is 0 Å². The number of carbonyl (C=O) groups excluding carboxylic acids is 1. The van der Waals surface area contributed by atoms with Gasteiger partial charge >= 0.3 is 0 Å². The van der Waals surface area contributed by atoms with Gasteiger partial charge in [-0.15, -0.1) is 0 Å². The molecule has 0 aromatic carbocycles. The maximum absolute atomic E-state index is 10.8. The third-order valence-corrected chi connectivity index (χ3v) is 2.21. The zero-order valence-electron chi connectivity index (χ0n) is 5.48. The highest BCUT2D eigenvalue weighted by Gasteiger charge is 2.26. The molecule has 1 unspecified atom stereocenters. The van der Waals surface area contributed by atoms with Gasteiger partial charge in [-0.05, 0) is 12.3 Å². The summed E-state index contributed by atoms with van der Waals surface area (Å²) in [5.41, 5.74) is 0. The first kappa shape index (κ1) is 5.80. The molecule has 0 spiro atoms. The van der Waals surface area contributed by atoms with Crippen LogP contribution < -0.4 is 0 Å². The molecule has 8 heavy (non-hydrogen) atoms. The van der Waals surface area contributed by atoms with Crippen molar-refractivity contribution in [1.82, 2.24) is 0 Å². The second-order valence-electron chi connectivity index (χ2n) is 2.77. The molecule has 0 aromatic rings. The maximum atomic E-state index is 10.8. The smallest absolute Gasteiger partial charge is 0.135 e. The van der Waals surface area contributed by atoms with Crippen LogP contribution in [0.2, 0.25) is 0 Å². The average Bonchev–Trinajstić information content (AvgIpc) is 1.98. The largest absolute Gasteiger partial charge is 0.299 e. The van der Waals surface area contributed by atoms with E-state index in [-0.39, 0.29) is 0 Å². The van der Waals surface area contributed by atoms with E-state index in [1.165, 1.54) is 0 Å². The zero-order valence-corrected chi connectivity index (χ0v) is 5.48. The van der Waals surface area contributed by atoms with Crippen molar-refractivity contribution in [3.05, 3.63) is 0 Å². The topological polar surface area (TPSA) is 17.1 Å². The molecule has 1 rings (SSSR count). The zero-order chi connectivity index (χ0) is 6.15. The van der Waals surface area contributed by atoms with Crippen molar-refractivity contribution in [3.8, 4) is 0 Å². The highest BCUT2D eigenvalue weighted by molar-refractivity contribution is 5.82. The second-order valence-corrected chi connectivity index (χ2v) is 2.77. The van der Waals surface area contributed by atoms with Gasteiger partial charge in [0.1, 0.15) is 5.78 Å². The summed E-state index contributed by atoms with van der Waals surface area (Å²) >= 11 is 0. The first-order valence-corrected chi connectivity index (χ1v) is 3.24. The van der Waals surface area contributed by atoms with Gasteiger partial charge in [-0.2, -0.15) is 0 Å². The van der Waals surface area contributed by atoms with E-state index >= 15 is 0 Å². The molecule has 0 heterocycles. The summed E-state index contributed by atoms with van der Waals surface area (Å²) in [7, 11) is 0. The Hall–Kier alpha value is -0.330. The van der Waals surface area contributed by atoms with Crippen molar-refractivity contribution in [2.24, 2.45) is 11.8 Å². The van der Waals surface area contributed by atoms with Crippen molar-refractivity contribution in [2.45, 2.75) is 26.7 Å². The number of hydrogen-bond donors (Lipinski definition) is 0. The van der Waals surface area contributed by atoms with E-state index in [0.29, 0.717) is 17.6 Å². The lowest BCUT2D eigenvalue weighted by molar-refractivity contribution is -0.120. The van der Waals surface area contributed by atoms with E-state index < -0.39 is 0 Å². The molecule has 1 fully saturated rings. The Labute approximate surface area is 50.1 Å². The molecule has 0 bridgehead atoms. The second kappa shape index (κ2) is 1.88. The van der Waals surface area contributed by atoms with Gasteiger partial charge in [0.2, 0.25) is 0 Å². The van der Waals surface area contributed by atoms with E-state index in [1.807, 2.05) is 6.92 Å². The Bertz CT molecular complexity index is 107. The molecule has 1 aliphatic carbocycles. The normalized spacial score (nSPS) is 38.5. The van der Waals surface area contributed by atoms with Gasteiger partial charge in [0, 0.05) is 12.3 Å². The molecule has 1 heteroatoms. The monoisotopic (exact) mass is 112 g/mol. The Kier molecular flexibility index (Phi) is 1.37. The highest BCUT2D eigenvalue weighted by atomic mass is 16.1. The minimum absolute atomic E-state index is 0.343. The van der Waals surface area contributed by atoms with Gasteiger partial charge < -0.3 is 0 Å². The lowest BCUT2D eigenvalue weighted by Gasteiger charge is -2.03. The van der Waals surface area contributed by atoms with Crippen LogP contribution in [0, 0.1) is 11.8 Å². The lowest BCUT2D eigenvalue weighted by atomic mass is 10.0. The maximum Gasteiger partial charge on any atom is 0.135 e. The molecule has 46 valence electrons. The van der Waals surface area contributed by atoms with Crippen molar-refractivity contribution >= 4 is 5.78 Å². The van der Waals surface area contributed by atoms with Crippen LogP contribution >= 0.6 is 0 Å². The molecule has 0 radical (unpaired) electrons. The Morgan fingerprint density at radius 1 is 1.50 bits per heavy atom. The number of Topliss-reactive ketones (excluding diaryl/α,β-unsaturated/α-hetero) is 1. The number of rotatable bonds is 0. The molecular weight excluding hydrogens is 100 g/mol. The minimum atomic E-state index is 0.343. The van der Waals surface area contributed by atoms with Crippen LogP contribution in [0.4, 0.5) is 0 Å². The van der Waals surface area contributed by atoms with Crippen LogP contribution in [-0.2, 0) is 4.79 Å². The SMILES string of the molecule is CC1C(=O)CC[C@@H]1C. The third kappa shape index (κ3) is 0.770. The van der Waals surface area contributed by atoms with Crippen molar-refractivity contribution in [2.75, 3.05) is 0 Å². The lowest BCUT2D eigenvalue weighted by Crippen LogP contribution is -2.06. The number of hydrogen-bond acceptors (Lipinski definition) is 1. The van der Waals surface area contributed by atoms with E-state index in [0.717, 1.165) is 12.8 Å². The number of ketones is 1. The van der Waals surface area contributed by atoms with E-state index in [2.05, 4.69) is 6.92 Å². The molecule has 1 saturated carbocycles. The van der Waals surface area contributed by atoms with Gasteiger partial charge in [-0.25, -0.2) is 0 Å². The Morgan fingerprint density at radius 2 is 2.12 bits per heavy atom. The fourth-order valence-corrected chi connectivity index (χ4v) is 1.16. The predicted octanol–water partition coefficient (Wildman–Crippen LogP) is 1.62. The van der Waals surface area contributed by atoms with Crippen LogP contribution in [0.5, 0.6) is 0 Å². The summed E-state index contributed by atoms with van der Waals surface area (Å²) in [4.78, 5) is 10.8. The molecule has 0 saturated heterocycles. The summed E-state index contributed by atoms with van der Waals surface area (Å²) in [6.45, 7) is 4.18. The van der Waals surface area contributed by atoms with Crippen molar-refractivity contribution < 1.29 is 4.79 Å². The summed E-state index contributed by atoms with van der Waals surface area (Å²) in [6, 6.07) is 0. The van der Waals surface area contributed by atoms with Gasteiger partial charge in [0.05, 0.1) is 0 Å². The average molecular weight is 112 g/mol. The standard InChI is InChI=1S/C7H12O/c1-5-3-4-7(8)6(5)2/h5-6H,3-4H2,1-2H3/t5-,6?/m0/s1. The fourth-order valence-electron chi connectivity index (χ4n) is 1.16. The van der Waals surface area contributed by atoms with Gasteiger partial charge in [-0.1, -0.05) is 13.8 Å². The van der Waals surface area contributed by atoms with E-state index in [1.54, 1.807) is 0 Å². The fraction of sp³-hybridized carbons (Fsp3) is 0.857. The quantitative estimate of drug-likeness (QED) is 0.465. The highest BCUT2D eigenvalue weighted by Crippen LogP contribution is 2.26. The van der Waals surface area contributed by atoms with E-state index in [9.17, 15) is 4.79 Å². The number of carbonyl (C=O) groups is 1. The summed E-state index contributed by atoms with van der Waals surface area (Å²) in [5.74, 6) is 1.44. The summed E-state index contributed by atoms with van der Waals surface area (Å²) < 4.78 is 0. The first-order valence-electron chi connectivity index (χ1n) is 3.24. The third-order valence-electron chi connectivity index (χ3n) is 2.21. The first-order chi connectivity index (χ1) is 3.72. The molecular formula is C7H12O. The van der Waals surface area contributed by atoms with Gasteiger partial charge in [0.25, 0.3) is 0 Å². The van der Waals surface area contributed by atoms with E-state index in [4.69, 9.17) is 0 Å². The van der Waals surface area contributed by atoms with Gasteiger partial charge in [0.15, 0.2) is 0 Å². The van der Waals surface area contributed by atoms with Crippen LogP contribution in [0.25, 0.3) is 0 Å².